The van der Waals surface area contributed by atoms with E-state index in [9.17, 15) is 9.59 Å². The lowest BCUT2D eigenvalue weighted by Gasteiger charge is -2.28. The molecular weight excluding hydrogens is 286 g/mol. The van der Waals surface area contributed by atoms with E-state index in [0.29, 0.717) is 13.2 Å². The molecule has 0 radical (unpaired) electrons. The summed E-state index contributed by atoms with van der Waals surface area (Å²) in [6.07, 6.45) is 2.90. The monoisotopic (exact) mass is 309 g/mol. The van der Waals surface area contributed by atoms with Crippen molar-refractivity contribution in [3.63, 3.8) is 0 Å². The van der Waals surface area contributed by atoms with Gasteiger partial charge in [0.25, 0.3) is 0 Å². The number of hydrogen-bond donors (Lipinski definition) is 0. The van der Waals surface area contributed by atoms with E-state index in [1.54, 1.807) is 17.0 Å². The molecule has 0 aliphatic carbocycles. The molecule has 1 aromatic heterocycles. The third-order valence-electron chi connectivity index (χ3n) is 3.34. The van der Waals surface area contributed by atoms with Crippen molar-refractivity contribution in [1.29, 1.82) is 0 Å². The van der Waals surface area contributed by atoms with E-state index < -0.39 is 5.60 Å². The molecule has 1 saturated heterocycles. The number of furan rings is 1. The summed E-state index contributed by atoms with van der Waals surface area (Å²) in [5, 5.41) is 0. The second-order valence-corrected chi connectivity index (χ2v) is 6.39. The number of nitrogens with zero attached hydrogens (tertiary/aromatic N) is 1. The minimum Gasteiger partial charge on any atom is -0.461 e. The zero-order chi connectivity index (χ0) is 16.2. The highest BCUT2D eigenvalue weighted by molar-refractivity contribution is 5.94. The van der Waals surface area contributed by atoms with Crippen LogP contribution in [0.3, 0.4) is 0 Å². The van der Waals surface area contributed by atoms with Crippen molar-refractivity contribution in [2.75, 3.05) is 19.8 Å². The normalized spacial score (nSPS) is 18.5. The maximum absolute atomic E-state index is 12.1. The van der Waals surface area contributed by atoms with Gasteiger partial charge in [-0.15, -0.1) is 0 Å². The zero-order valence-electron chi connectivity index (χ0n) is 13.3. The largest absolute Gasteiger partial charge is 0.461 e. The Balaban J connectivity index is 1.79. The number of Topliss-reactive ketones (excluding diaryl/α,β-unsaturated/α-hetero) is 1. The Labute approximate surface area is 130 Å². The summed E-state index contributed by atoms with van der Waals surface area (Å²) in [5.41, 5.74) is -0.514. The second kappa shape index (κ2) is 6.96. The fourth-order valence-electron chi connectivity index (χ4n) is 2.37. The molecule has 22 heavy (non-hydrogen) atoms. The number of carbonyl (C=O) groups is 2. The number of rotatable bonds is 5. The summed E-state index contributed by atoms with van der Waals surface area (Å²) < 4.78 is 15.9. The molecule has 0 spiro atoms. The smallest absolute Gasteiger partial charge is 0.410 e. The van der Waals surface area contributed by atoms with E-state index in [1.165, 1.54) is 6.26 Å². The van der Waals surface area contributed by atoms with Crippen molar-refractivity contribution in [3.8, 4) is 0 Å². The van der Waals surface area contributed by atoms with Crippen molar-refractivity contribution < 1.29 is 23.5 Å². The molecule has 2 heterocycles. The summed E-state index contributed by atoms with van der Waals surface area (Å²) in [4.78, 5) is 25.6. The van der Waals surface area contributed by atoms with E-state index in [2.05, 4.69) is 0 Å². The van der Waals surface area contributed by atoms with Crippen molar-refractivity contribution in [3.05, 3.63) is 24.2 Å². The topological polar surface area (TPSA) is 69.0 Å². The van der Waals surface area contributed by atoms with Crippen LogP contribution >= 0.6 is 0 Å². The highest BCUT2D eigenvalue weighted by Crippen LogP contribution is 2.21. The SMILES string of the molecule is CC(C)(C)OC(=O)N1CCC[C@H]1COCC(=O)c1ccco1. The molecule has 1 aliphatic rings. The number of amides is 1. The van der Waals surface area contributed by atoms with Gasteiger partial charge in [0.2, 0.25) is 5.78 Å². The van der Waals surface area contributed by atoms with Crippen LogP contribution in [0.1, 0.15) is 44.2 Å². The van der Waals surface area contributed by atoms with Crippen LogP contribution in [-0.4, -0.2) is 48.2 Å². The van der Waals surface area contributed by atoms with E-state index >= 15 is 0 Å². The van der Waals surface area contributed by atoms with E-state index in [0.717, 1.165) is 12.8 Å². The van der Waals surface area contributed by atoms with Crippen molar-refractivity contribution >= 4 is 11.9 Å². The maximum Gasteiger partial charge on any atom is 0.410 e. The third-order valence-corrected chi connectivity index (χ3v) is 3.34. The number of ketones is 1. The van der Waals surface area contributed by atoms with Gasteiger partial charge in [-0.05, 0) is 45.7 Å². The first-order valence-corrected chi connectivity index (χ1v) is 7.51. The molecule has 1 fully saturated rings. The lowest BCUT2D eigenvalue weighted by atomic mass is 10.2. The standard InChI is InChI=1S/C16H23NO5/c1-16(2,3)22-15(19)17-8-4-6-12(17)10-20-11-13(18)14-7-5-9-21-14/h5,7,9,12H,4,6,8,10-11H2,1-3H3/t12-/m0/s1. The predicted octanol–water partition coefficient (Wildman–Crippen LogP) is 2.88. The molecule has 1 amide bonds. The van der Waals surface area contributed by atoms with Gasteiger partial charge in [0.1, 0.15) is 12.2 Å². The first-order chi connectivity index (χ1) is 10.4. The van der Waals surface area contributed by atoms with Crippen LogP contribution in [0, 0.1) is 0 Å². The molecule has 1 aromatic rings. The highest BCUT2D eigenvalue weighted by Gasteiger charge is 2.32. The summed E-state index contributed by atoms with van der Waals surface area (Å²) >= 11 is 0. The summed E-state index contributed by atoms with van der Waals surface area (Å²) in [6, 6.07) is 3.22. The molecule has 6 heteroatoms. The van der Waals surface area contributed by atoms with Gasteiger partial charge in [-0.25, -0.2) is 4.79 Å². The second-order valence-electron chi connectivity index (χ2n) is 6.39. The maximum atomic E-state index is 12.1. The van der Waals surface area contributed by atoms with Crippen molar-refractivity contribution in [1.82, 2.24) is 4.90 Å². The van der Waals surface area contributed by atoms with Gasteiger partial charge in [0, 0.05) is 6.54 Å². The molecule has 1 atom stereocenters. The Hall–Kier alpha value is -1.82. The van der Waals surface area contributed by atoms with E-state index in [4.69, 9.17) is 13.9 Å². The van der Waals surface area contributed by atoms with Gasteiger partial charge < -0.3 is 18.8 Å². The van der Waals surface area contributed by atoms with Crippen LogP contribution in [0.15, 0.2) is 22.8 Å². The molecule has 2 rings (SSSR count). The lowest BCUT2D eigenvalue weighted by molar-refractivity contribution is 0.0114. The van der Waals surface area contributed by atoms with Gasteiger partial charge in [-0.3, -0.25) is 4.79 Å². The molecule has 122 valence electrons. The number of carbonyl (C=O) groups excluding carboxylic acids is 2. The Morgan fingerprint density at radius 1 is 1.41 bits per heavy atom. The lowest BCUT2D eigenvalue weighted by Crippen LogP contribution is -2.41. The van der Waals surface area contributed by atoms with Crippen LogP contribution < -0.4 is 0 Å². The first kappa shape index (κ1) is 16.5. The number of ether oxygens (including phenoxy) is 2. The Kier molecular flexibility index (Phi) is 5.24. The molecule has 6 nitrogen and oxygen atoms in total. The fourth-order valence-corrected chi connectivity index (χ4v) is 2.37. The molecule has 0 saturated carbocycles. The minimum absolute atomic E-state index is 0.0424. The van der Waals surface area contributed by atoms with E-state index in [-0.39, 0.29) is 30.3 Å². The van der Waals surface area contributed by atoms with Gasteiger partial charge in [0.05, 0.1) is 18.9 Å². The summed E-state index contributed by atoms with van der Waals surface area (Å²) in [7, 11) is 0. The minimum atomic E-state index is -0.514. The van der Waals surface area contributed by atoms with Crippen LogP contribution in [0.25, 0.3) is 0 Å². The van der Waals surface area contributed by atoms with E-state index in [1.807, 2.05) is 20.8 Å². The number of likely N-dealkylation sites (tertiary alicyclic amines) is 1. The summed E-state index contributed by atoms with van der Waals surface area (Å²) in [6.45, 7) is 6.46. The fraction of sp³-hybridized carbons (Fsp3) is 0.625. The van der Waals surface area contributed by atoms with Crippen LogP contribution in [-0.2, 0) is 9.47 Å². The quantitative estimate of drug-likeness (QED) is 0.782. The van der Waals surface area contributed by atoms with Crippen molar-refractivity contribution in [2.24, 2.45) is 0 Å². The predicted molar refractivity (Wildman–Crippen MR) is 79.8 cm³/mol. The molecule has 1 aliphatic heterocycles. The first-order valence-electron chi connectivity index (χ1n) is 7.51. The Morgan fingerprint density at radius 3 is 2.82 bits per heavy atom. The third kappa shape index (κ3) is 4.59. The van der Waals surface area contributed by atoms with Crippen LogP contribution in [0.2, 0.25) is 0 Å². The zero-order valence-corrected chi connectivity index (χ0v) is 13.3. The summed E-state index contributed by atoms with van der Waals surface area (Å²) in [5.74, 6) is 0.0854. The van der Waals surface area contributed by atoms with Gasteiger partial charge in [-0.1, -0.05) is 0 Å². The van der Waals surface area contributed by atoms with Gasteiger partial charge >= 0.3 is 6.09 Å². The molecule has 0 aromatic carbocycles. The molecule has 0 N–H and O–H groups in total. The number of hydrogen-bond acceptors (Lipinski definition) is 5. The average molecular weight is 309 g/mol. The van der Waals surface area contributed by atoms with Crippen LogP contribution in [0.5, 0.6) is 0 Å². The van der Waals surface area contributed by atoms with Crippen LogP contribution in [0.4, 0.5) is 4.79 Å². The Morgan fingerprint density at radius 2 is 2.18 bits per heavy atom. The molecular formula is C16H23NO5. The Bertz CT molecular complexity index is 503. The average Bonchev–Trinajstić information content (AvgIpc) is 3.08. The molecule has 0 unspecified atom stereocenters. The van der Waals surface area contributed by atoms with Crippen molar-refractivity contribution in [2.45, 2.75) is 45.3 Å². The van der Waals surface area contributed by atoms with Gasteiger partial charge in [0.15, 0.2) is 5.76 Å². The van der Waals surface area contributed by atoms with Gasteiger partial charge in [-0.2, -0.15) is 0 Å². The molecule has 0 bridgehead atoms. The highest BCUT2D eigenvalue weighted by atomic mass is 16.6.